The molecule has 4 nitrogen and oxygen atoms in total. The number of hydrogen-bond donors (Lipinski definition) is 0. The smallest absolute Gasteiger partial charge is 0.221 e. The van der Waals surface area contributed by atoms with Gasteiger partial charge in [0.25, 0.3) is 0 Å². The van der Waals surface area contributed by atoms with Gasteiger partial charge in [-0.25, -0.2) is 0 Å². The van der Waals surface area contributed by atoms with Gasteiger partial charge in [-0.1, -0.05) is 89.6 Å². The summed E-state index contributed by atoms with van der Waals surface area (Å²) in [5.74, 6) is -0.531. The van der Waals surface area contributed by atoms with Crippen LogP contribution in [0.2, 0.25) is 5.02 Å². The minimum Gasteiger partial charge on any atom is -0.871 e. The van der Waals surface area contributed by atoms with Crippen LogP contribution < -0.4 is 5.11 Å². The van der Waals surface area contributed by atoms with Gasteiger partial charge in [-0.2, -0.15) is 4.58 Å². The van der Waals surface area contributed by atoms with E-state index in [0.717, 1.165) is 33.7 Å². The summed E-state index contributed by atoms with van der Waals surface area (Å²) in [6, 6.07) is 19.9. The van der Waals surface area contributed by atoms with Gasteiger partial charge in [0.1, 0.15) is 5.03 Å². The van der Waals surface area contributed by atoms with Gasteiger partial charge in [0, 0.05) is 35.9 Å². The molecule has 0 bridgehead atoms. The zero-order valence-electron chi connectivity index (χ0n) is 20.7. The number of rotatable bonds is 5. The highest BCUT2D eigenvalue weighted by molar-refractivity contribution is 6.44. The molecule has 0 spiro atoms. The third-order valence-electron chi connectivity index (χ3n) is 7.10. The minimum absolute atomic E-state index is 0.189. The normalized spacial score (nSPS) is 18.0. The number of Topliss-reactive ketones (excluding diaryl/α,β-unsaturated/α-hetero) is 1. The van der Waals surface area contributed by atoms with E-state index < -0.39 is 0 Å². The van der Waals surface area contributed by atoms with E-state index in [9.17, 15) is 9.90 Å². The first-order chi connectivity index (χ1) is 17.2. The number of halogens is 2. The number of carbonyl (C=O) groups is 1. The predicted octanol–water partition coefficient (Wildman–Crippen LogP) is 5.91. The molecule has 0 saturated heterocycles. The molecule has 3 aromatic rings. The van der Waals surface area contributed by atoms with Crippen LogP contribution in [-0.2, 0) is 17.9 Å². The first kappa shape index (κ1) is 24.4. The van der Waals surface area contributed by atoms with Crippen LogP contribution >= 0.6 is 23.2 Å². The molecule has 1 aromatic heterocycles. The van der Waals surface area contributed by atoms with E-state index in [0.29, 0.717) is 34.5 Å². The molecule has 0 unspecified atom stereocenters. The van der Waals surface area contributed by atoms with E-state index in [4.69, 9.17) is 23.2 Å². The predicted molar refractivity (Wildman–Crippen MR) is 143 cm³/mol. The molecule has 0 atom stereocenters. The van der Waals surface area contributed by atoms with E-state index in [2.05, 4.69) is 0 Å². The Kier molecular flexibility index (Phi) is 6.27. The van der Waals surface area contributed by atoms with Crippen LogP contribution in [0.1, 0.15) is 41.9 Å². The Morgan fingerprint density at radius 2 is 1.44 bits per heavy atom. The average molecular weight is 517 g/mol. The summed E-state index contributed by atoms with van der Waals surface area (Å²) in [4.78, 5) is 13.7. The Hall–Kier alpha value is -3.34. The fourth-order valence-corrected chi connectivity index (χ4v) is 5.51. The highest BCUT2D eigenvalue weighted by Gasteiger charge is 2.43. The van der Waals surface area contributed by atoms with Crippen LogP contribution in [-0.4, -0.2) is 20.6 Å². The Labute approximate surface area is 221 Å². The molecule has 0 saturated carbocycles. The largest absolute Gasteiger partial charge is 0.871 e. The molecule has 1 aliphatic heterocycles. The average Bonchev–Trinajstić information content (AvgIpc) is 3.21. The van der Waals surface area contributed by atoms with Crippen molar-refractivity contribution in [1.29, 1.82) is 0 Å². The van der Waals surface area contributed by atoms with Crippen molar-refractivity contribution in [1.82, 2.24) is 4.57 Å². The van der Waals surface area contributed by atoms with E-state index in [1.165, 1.54) is 0 Å². The molecule has 2 aliphatic rings. The number of aromatic nitrogens is 1. The summed E-state index contributed by atoms with van der Waals surface area (Å²) in [6.45, 7) is 8.59. The van der Waals surface area contributed by atoms with Crippen molar-refractivity contribution in [2.24, 2.45) is 0 Å². The third kappa shape index (κ3) is 3.76. The molecule has 36 heavy (non-hydrogen) atoms. The van der Waals surface area contributed by atoms with Crippen molar-refractivity contribution in [2.75, 3.05) is 0 Å². The van der Waals surface area contributed by atoms with Crippen molar-refractivity contribution in [3.63, 3.8) is 0 Å². The van der Waals surface area contributed by atoms with Gasteiger partial charge >= 0.3 is 0 Å². The summed E-state index contributed by atoms with van der Waals surface area (Å²) < 4.78 is 3.95. The van der Waals surface area contributed by atoms with Crippen LogP contribution in [0.15, 0.2) is 88.3 Å². The summed E-state index contributed by atoms with van der Waals surface area (Å²) >= 11 is 13.2. The van der Waals surface area contributed by atoms with Crippen LogP contribution in [0.5, 0.6) is 0 Å². The molecule has 1 aliphatic carbocycles. The van der Waals surface area contributed by atoms with Crippen molar-refractivity contribution in [3.05, 3.63) is 121 Å². The van der Waals surface area contributed by atoms with Crippen molar-refractivity contribution in [2.45, 2.75) is 40.8 Å². The number of hydrogen-bond acceptors (Lipinski definition) is 2. The van der Waals surface area contributed by atoms with Gasteiger partial charge in [0.05, 0.1) is 16.3 Å². The van der Waals surface area contributed by atoms with Crippen molar-refractivity contribution < 1.29 is 14.5 Å². The van der Waals surface area contributed by atoms with E-state index in [1.54, 1.807) is 0 Å². The minimum atomic E-state index is -0.266. The molecular formula is C30H26Cl2N2O2. The van der Waals surface area contributed by atoms with Gasteiger partial charge in [-0.15, -0.1) is 0 Å². The van der Waals surface area contributed by atoms with E-state index in [1.807, 2.05) is 97.5 Å². The summed E-state index contributed by atoms with van der Waals surface area (Å²) in [5, 5.41) is 14.9. The quantitative estimate of drug-likeness (QED) is 0.312. The van der Waals surface area contributed by atoms with E-state index >= 15 is 0 Å². The first-order valence-electron chi connectivity index (χ1n) is 11.8. The molecule has 2 heterocycles. The van der Waals surface area contributed by atoms with Crippen LogP contribution in [0.25, 0.3) is 5.57 Å². The summed E-state index contributed by atoms with van der Waals surface area (Å²) in [7, 11) is 0. The van der Waals surface area contributed by atoms with Gasteiger partial charge < -0.3 is 9.67 Å². The summed E-state index contributed by atoms with van der Waals surface area (Å²) in [5.41, 5.74) is 6.85. The number of allylic oxidation sites excluding steroid dienone is 4. The third-order valence-corrected chi connectivity index (χ3v) is 8.22. The molecule has 0 fully saturated rings. The van der Waals surface area contributed by atoms with Gasteiger partial charge in [0.2, 0.25) is 11.5 Å². The lowest BCUT2D eigenvalue weighted by molar-refractivity contribution is -0.488. The molecule has 5 rings (SSSR count). The first-order valence-corrected chi connectivity index (χ1v) is 12.6. The van der Waals surface area contributed by atoms with Crippen LogP contribution in [0.3, 0.4) is 0 Å². The second kappa shape index (κ2) is 9.27. The SMILES string of the molecule is CC1=C(Cl)C(C)=[N+](Cc2ccccc2)/C1=C1\C(=O)C(c2c(C)c(Cl)c(C)n2Cc2ccccc2)=C1[O-]. The number of nitrogens with zero attached hydrogens (tertiary/aromatic N) is 2. The van der Waals surface area contributed by atoms with Gasteiger partial charge in [-0.05, 0) is 31.9 Å². The lowest BCUT2D eigenvalue weighted by Crippen LogP contribution is -2.33. The van der Waals surface area contributed by atoms with Crippen LogP contribution in [0, 0.1) is 13.8 Å². The van der Waals surface area contributed by atoms with Gasteiger partial charge in [-0.3, -0.25) is 4.79 Å². The van der Waals surface area contributed by atoms with E-state index in [-0.39, 0.29) is 22.7 Å². The molecule has 0 radical (unpaired) electrons. The molecule has 0 N–H and O–H groups in total. The maximum atomic E-state index is 13.7. The lowest BCUT2D eigenvalue weighted by Gasteiger charge is -2.32. The maximum absolute atomic E-state index is 13.7. The summed E-state index contributed by atoms with van der Waals surface area (Å²) in [6.07, 6.45) is 0. The topological polar surface area (TPSA) is 48.1 Å². The molecule has 2 aromatic carbocycles. The fourth-order valence-electron chi connectivity index (χ4n) is 5.12. The second-order valence-electron chi connectivity index (χ2n) is 9.30. The highest BCUT2D eigenvalue weighted by atomic mass is 35.5. The molecule has 6 heteroatoms. The van der Waals surface area contributed by atoms with Crippen molar-refractivity contribution in [3.8, 4) is 0 Å². The Morgan fingerprint density at radius 3 is 2.03 bits per heavy atom. The zero-order chi connectivity index (χ0) is 25.7. The Morgan fingerprint density at radius 1 is 0.861 bits per heavy atom. The molecular weight excluding hydrogens is 491 g/mol. The van der Waals surface area contributed by atoms with Crippen LogP contribution in [0.4, 0.5) is 0 Å². The second-order valence-corrected chi connectivity index (χ2v) is 10.1. The zero-order valence-corrected chi connectivity index (χ0v) is 22.2. The number of ketones is 1. The maximum Gasteiger partial charge on any atom is 0.221 e. The molecule has 182 valence electrons. The lowest BCUT2D eigenvalue weighted by atomic mass is 9.82. The van der Waals surface area contributed by atoms with Gasteiger partial charge in [0.15, 0.2) is 12.3 Å². The number of carbonyl (C=O) groups excluding carboxylic acids is 1. The monoisotopic (exact) mass is 516 g/mol. The molecule has 0 amide bonds. The Bertz CT molecular complexity index is 1540. The fraction of sp³-hybridized carbons (Fsp3) is 0.200. The Balaban J connectivity index is 1.65. The van der Waals surface area contributed by atoms with Crippen molar-refractivity contribution >= 4 is 40.3 Å². The number of benzene rings is 2. The highest BCUT2D eigenvalue weighted by Crippen LogP contribution is 2.44. The standard InChI is InChI=1S/C30H26Cl2N2O2/c1-17-25(31)19(3)33(15-21-11-7-5-8-12-21)27(17)23-29(35)24(30(23)36)28-18(2)26(32)20(4)34(28)16-22-13-9-6-10-14-22/h5-14H,15-16H2,1-4H3.